The Morgan fingerprint density at radius 3 is 1.75 bits per heavy atom. The van der Waals surface area contributed by atoms with Gasteiger partial charge >= 0.3 is 5.97 Å². The molecule has 0 aliphatic carbocycles. The number of hydrogen-bond donors (Lipinski definition) is 0. The van der Waals surface area contributed by atoms with E-state index >= 15 is 0 Å². The van der Waals surface area contributed by atoms with Crippen LogP contribution in [0.15, 0.2) is 12.1 Å². The smallest absolute Gasteiger partial charge is 0.345 e. The minimum Gasteiger partial charge on any atom is -0.496 e. The second-order valence-corrected chi connectivity index (χ2v) is 2.90. The Bertz CT molecular complexity index is 361. The number of ether oxygens (including phenoxy) is 4. The molecule has 0 N–H and O–H groups in total. The highest BCUT2D eigenvalue weighted by Crippen LogP contribution is 2.34. The van der Waals surface area contributed by atoms with Gasteiger partial charge in [-0.2, -0.15) is 0 Å². The average molecular weight is 226 g/mol. The molecule has 0 unspecified atom stereocenters. The van der Waals surface area contributed by atoms with Gasteiger partial charge in [-0.3, -0.25) is 0 Å². The van der Waals surface area contributed by atoms with Crippen molar-refractivity contribution in [3.63, 3.8) is 0 Å². The molecule has 1 aromatic carbocycles. The molecule has 0 saturated carbocycles. The van der Waals surface area contributed by atoms with E-state index < -0.39 is 5.97 Å². The molecule has 0 aliphatic rings. The van der Waals surface area contributed by atoms with Crippen LogP contribution in [0, 0.1) is 0 Å². The van der Waals surface area contributed by atoms with Gasteiger partial charge in [0.1, 0.15) is 22.8 Å². The van der Waals surface area contributed by atoms with Gasteiger partial charge in [-0.15, -0.1) is 0 Å². The van der Waals surface area contributed by atoms with Crippen molar-refractivity contribution < 1.29 is 23.7 Å². The number of benzene rings is 1. The van der Waals surface area contributed by atoms with Crippen molar-refractivity contribution in [1.82, 2.24) is 0 Å². The highest BCUT2D eigenvalue weighted by molar-refractivity contribution is 5.96. The highest BCUT2D eigenvalue weighted by Gasteiger charge is 2.20. The molecule has 88 valence electrons. The van der Waals surface area contributed by atoms with Crippen LogP contribution in [0.3, 0.4) is 0 Å². The van der Waals surface area contributed by atoms with Crippen molar-refractivity contribution in [3.8, 4) is 17.2 Å². The van der Waals surface area contributed by atoms with Gasteiger partial charge in [-0.05, 0) is 0 Å². The molecular weight excluding hydrogens is 212 g/mol. The average Bonchev–Trinajstić information content (AvgIpc) is 2.35. The van der Waals surface area contributed by atoms with E-state index in [-0.39, 0.29) is 5.56 Å². The zero-order valence-electron chi connectivity index (χ0n) is 9.70. The maximum Gasteiger partial charge on any atom is 0.345 e. The van der Waals surface area contributed by atoms with E-state index in [4.69, 9.17) is 14.2 Å². The topological polar surface area (TPSA) is 54.0 Å². The molecule has 0 amide bonds. The summed E-state index contributed by atoms with van der Waals surface area (Å²) in [6.45, 7) is 0. The molecule has 5 nitrogen and oxygen atoms in total. The van der Waals surface area contributed by atoms with Crippen LogP contribution < -0.4 is 14.2 Å². The Balaban J connectivity index is 3.37. The van der Waals surface area contributed by atoms with Gasteiger partial charge in [0.25, 0.3) is 0 Å². The molecule has 16 heavy (non-hydrogen) atoms. The Hall–Kier alpha value is -1.91. The number of methoxy groups -OCH3 is 4. The van der Waals surface area contributed by atoms with Gasteiger partial charge in [-0.25, -0.2) is 4.79 Å². The second-order valence-electron chi connectivity index (χ2n) is 2.90. The van der Waals surface area contributed by atoms with Crippen molar-refractivity contribution in [3.05, 3.63) is 17.7 Å². The number of carbonyl (C=O) groups excluding carboxylic acids is 1. The minimum absolute atomic E-state index is 0.244. The first kappa shape index (κ1) is 12.2. The molecule has 0 saturated heterocycles. The van der Waals surface area contributed by atoms with Crippen LogP contribution in [-0.2, 0) is 4.74 Å². The Labute approximate surface area is 93.9 Å². The van der Waals surface area contributed by atoms with Gasteiger partial charge in [0.15, 0.2) is 0 Å². The fourth-order valence-electron chi connectivity index (χ4n) is 1.31. The van der Waals surface area contributed by atoms with E-state index in [0.717, 1.165) is 0 Å². The van der Waals surface area contributed by atoms with Gasteiger partial charge in [0.2, 0.25) is 0 Å². The van der Waals surface area contributed by atoms with Crippen LogP contribution >= 0.6 is 0 Å². The standard InChI is InChI=1S/C11H14O5/c1-13-7-5-8(14-2)10(11(12)16-4)9(6-7)15-3/h5-6H,1-4H3. The molecular formula is C11H14O5. The lowest BCUT2D eigenvalue weighted by molar-refractivity contribution is 0.0593. The molecule has 1 rings (SSSR count). The molecule has 0 aliphatic heterocycles. The SMILES string of the molecule is COC(=O)c1c(OC)cc(OC)cc1OC. The van der Waals surface area contributed by atoms with E-state index in [1.54, 1.807) is 12.1 Å². The normalized spacial score (nSPS) is 9.50. The summed E-state index contributed by atoms with van der Waals surface area (Å²) in [6, 6.07) is 3.18. The Morgan fingerprint density at radius 2 is 1.44 bits per heavy atom. The predicted octanol–water partition coefficient (Wildman–Crippen LogP) is 1.50. The maximum atomic E-state index is 11.5. The molecule has 0 radical (unpaired) electrons. The van der Waals surface area contributed by atoms with Crippen LogP contribution in [-0.4, -0.2) is 34.4 Å². The molecule has 0 spiro atoms. The second kappa shape index (κ2) is 5.25. The van der Waals surface area contributed by atoms with Crippen molar-refractivity contribution in [2.24, 2.45) is 0 Å². The van der Waals surface area contributed by atoms with Gasteiger partial charge in [-0.1, -0.05) is 0 Å². The predicted molar refractivity (Wildman–Crippen MR) is 57.4 cm³/mol. The van der Waals surface area contributed by atoms with Crippen LogP contribution in [0.2, 0.25) is 0 Å². The first-order valence-corrected chi connectivity index (χ1v) is 4.56. The fraction of sp³-hybridized carbons (Fsp3) is 0.364. The zero-order valence-corrected chi connectivity index (χ0v) is 9.70. The third-order valence-electron chi connectivity index (χ3n) is 2.10. The number of hydrogen-bond acceptors (Lipinski definition) is 5. The number of rotatable bonds is 4. The van der Waals surface area contributed by atoms with Crippen molar-refractivity contribution in [1.29, 1.82) is 0 Å². The van der Waals surface area contributed by atoms with E-state index in [0.29, 0.717) is 17.2 Å². The molecule has 0 bridgehead atoms. The van der Waals surface area contributed by atoms with E-state index in [2.05, 4.69) is 4.74 Å². The summed E-state index contributed by atoms with van der Waals surface area (Å²) in [5.74, 6) is 0.726. The first-order chi connectivity index (χ1) is 7.67. The molecule has 0 aromatic heterocycles. The summed E-state index contributed by atoms with van der Waals surface area (Å²) < 4.78 is 19.9. The molecule has 5 heteroatoms. The summed E-state index contributed by atoms with van der Waals surface area (Å²) in [6.07, 6.45) is 0. The fourth-order valence-corrected chi connectivity index (χ4v) is 1.31. The maximum absolute atomic E-state index is 11.5. The zero-order chi connectivity index (χ0) is 12.1. The minimum atomic E-state index is -0.517. The van der Waals surface area contributed by atoms with Crippen LogP contribution in [0.5, 0.6) is 17.2 Å². The van der Waals surface area contributed by atoms with Crippen LogP contribution in [0.25, 0.3) is 0 Å². The summed E-state index contributed by atoms with van der Waals surface area (Å²) in [7, 11) is 5.73. The first-order valence-electron chi connectivity index (χ1n) is 4.56. The quantitative estimate of drug-likeness (QED) is 0.728. The van der Waals surface area contributed by atoms with E-state index in [1.165, 1.54) is 28.4 Å². The van der Waals surface area contributed by atoms with E-state index in [9.17, 15) is 4.79 Å². The third kappa shape index (κ3) is 2.18. The van der Waals surface area contributed by atoms with Crippen LogP contribution in [0.1, 0.15) is 10.4 Å². The summed E-state index contributed by atoms with van der Waals surface area (Å²) in [4.78, 5) is 11.5. The largest absolute Gasteiger partial charge is 0.496 e. The summed E-state index contributed by atoms with van der Waals surface area (Å²) in [5.41, 5.74) is 0.244. The van der Waals surface area contributed by atoms with Crippen molar-refractivity contribution >= 4 is 5.97 Å². The molecule has 0 heterocycles. The lowest BCUT2D eigenvalue weighted by Crippen LogP contribution is -2.07. The Morgan fingerprint density at radius 1 is 0.938 bits per heavy atom. The van der Waals surface area contributed by atoms with Gasteiger partial charge in [0, 0.05) is 12.1 Å². The number of esters is 1. The van der Waals surface area contributed by atoms with Gasteiger partial charge in [0.05, 0.1) is 28.4 Å². The molecule has 0 atom stereocenters. The van der Waals surface area contributed by atoms with E-state index in [1.807, 2.05) is 0 Å². The lowest BCUT2D eigenvalue weighted by atomic mass is 10.1. The summed E-state index contributed by atoms with van der Waals surface area (Å²) in [5, 5.41) is 0. The lowest BCUT2D eigenvalue weighted by Gasteiger charge is -2.13. The third-order valence-corrected chi connectivity index (χ3v) is 2.10. The van der Waals surface area contributed by atoms with Crippen molar-refractivity contribution in [2.45, 2.75) is 0 Å². The summed E-state index contributed by atoms with van der Waals surface area (Å²) >= 11 is 0. The number of carbonyl (C=O) groups is 1. The monoisotopic (exact) mass is 226 g/mol. The molecule has 1 aromatic rings. The van der Waals surface area contributed by atoms with Gasteiger partial charge < -0.3 is 18.9 Å². The van der Waals surface area contributed by atoms with Crippen molar-refractivity contribution in [2.75, 3.05) is 28.4 Å². The Kier molecular flexibility index (Phi) is 3.99. The molecule has 0 fully saturated rings. The van der Waals surface area contributed by atoms with Crippen LogP contribution in [0.4, 0.5) is 0 Å². The highest BCUT2D eigenvalue weighted by atomic mass is 16.5.